The third-order valence-corrected chi connectivity index (χ3v) is 0. The highest BCUT2D eigenvalue weighted by Gasteiger charge is 1.01. The first-order valence-corrected chi connectivity index (χ1v) is 0.846. The highest BCUT2D eigenvalue weighted by molar-refractivity contribution is 5.38. The molecule has 0 N–H and O–H groups in total. The monoisotopic (exact) mass is 104 g/mol. The van der Waals surface area contributed by atoms with Gasteiger partial charge >= 0.3 is 0 Å². The van der Waals surface area contributed by atoms with Crippen LogP contribution in [0.3, 0.4) is 0 Å². The summed E-state index contributed by atoms with van der Waals surface area (Å²) >= 11 is 0. The number of hydrogen-bond donors (Lipinski definition) is 0. The first kappa shape index (κ1) is 35.7. The molecule has 0 saturated carbocycles. The zero-order valence-corrected chi connectivity index (χ0v) is 2.73. The molecule has 0 aliphatic heterocycles. The molecule has 0 aliphatic carbocycles. The van der Waals surface area contributed by atoms with E-state index in [2.05, 4.69) is 6.58 Å². The van der Waals surface area contributed by atoms with Gasteiger partial charge in [-0.05, 0) is 6.58 Å². The molecule has 0 aromatic carbocycles. The van der Waals surface area contributed by atoms with Crippen LogP contribution in [0.2, 0.25) is 0 Å². The number of carbonyl (C=O) groups excluding carboxylic acids is 2. The van der Waals surface area contributed by atoms with Gasteiger partial charge in [0.1, 0.15) is 12.7 Å². The maximum absolute atomic E-state index is 8.57. The lowest BCUT2D eigenvalue weighted by Gasteiger charge is -1.02. The van der Waals surface area contributed by atoms with Gasteiger partial charge in [0.2, 0.25) is 0 Å². The molecule has 0 radical (unpaired) electrons. The van der Waals surface area contributed by atoms with Crippen molar-refractivity contribution in [1.82, 2.24) is 0 Å². The number of hydrogen-bond acceptors (Lipinski definition) is 2. The largest absolute Gasteiger partial charge is 0.307 e. The van der Waals surface area contributed by atoms with Crippen LogP contribution in [-0.2, 0) is 9.59 Å². The first-order chi connectivity index (χ1) is 2.41. The van der Waals surface area contributed by atoms with Crippen molar-refractivity contribution in [3.8, 4) is 0 Å². The zero-order valence-electron chi connectivity index (χ0n) is 2.73. The minimum atomic E-state index is 0. The highest BCUT2D eigenvalue weighted by Crippen LogP contribution is 0.894. The van der Waals surface area contributed by atoms with Crippen LogP contribution in [0.4, 0.5) is 0 Å². The van der Waals surface area contributed by atoms with Gasteiger partial charge in [-0.1, -0.05) is 14.9 Å². The second-order valence-electron chi connectivity index (χ2n) is 0.144. The van der Waals surface area contributed by atoms with Crippen molar-refractivity contribution < 1.29 is 9.59 Å². The van der Waals surface area contributed by atoms with Crippen LogP contribution in [0.5, 0.6) is 0 Å². The molecule has 0 spiro atoms. The minimum absolute atomic E-state index is 0. The van der Waals surface area contributed by atoms with E-state index in [9.17, 15) is 0 Å². The number of carbonyl (C=O) groups is 1. The molecule has 0 saturated heterocycles. The first-order valence-electron chi connectivity index (χ1n) is 0.846. The molecule has 0 amide bonds. The normalized spacial score (nSPS) is 1.71. The summed E-state index contributed by atoms with van der Waals surface area (Å²) in [5.74, 6) is 1.25. The summed E-state index contributed by atoms with van der Waals surface area (Å²) in [6.07, 6.45) is 0. The van der Waals surface area contributed by atoms with Gasteiger partial charge in [-0.2, -0.15) is 0 Å². The quantitative estimate of drug-likeness (QED) is 0.431. The van der Waals surface area contributed by atoms with Crippen molar-refractivity contribution in [3.63, 3.8) is 0 Å². The Labute approximate surface area is 44.8 Å². The van der Waals surface area contributed by atoms with E-state index in [-0.39, 0.29) is 14.9 Å². The van der Waals surface area contributed by atoms with Crippen molar-refractivity contribution in [3.05, 3.63) is 6.58 Å². The fourth-order valence-corrected chi connectivity index (χ4v) is 0. The molecule has 2 heteroatoms. The summed E-state index contributed by atoms with van der Waals surface area (Å²) in [5.41, 5.74) is 0. The maximum atomic E-state index is 8.57. The predicted octanol–water partition coefficient (Wildman–Crippen LogP) is 1.09. The van der Waals surface area contributed by atoms with Gasteiger partial charge in [0.15, 0.2) is 0 Å². The average Bonchev–Trinajstić information content (AvgIpc) is 1.46. The molecule has 0 aromatic rings. The van der Waals surface area contributed by atoms with Crippen molar-refractivity contribution in [2.24, 2.45) is 0 Å². The maximum Gasteiger partial charge on any atom is 0.116 e. The van der Waals surface area contributed by atoms with Crippen LogP contribution in [0.1, 0.15) is 14.9 Å². The van der Waals surface area contributed by atoms with Gasteiger partial charge in [0.05, 0.1) is 0 Å². The van der Waals surface area contributed by atoms with Gasteiger partial charge in [0.25, 0.3) is 0 Å². The molecule has 0 rings (SSSR count). The fourth-order valence-electron chi connectivity index (χ4n) is 0. The summed E-state index contributed by atoms with van der Waals surface area (Å²) < 4.78 is 0. The van der Waals surface area contributed by atoms with E-state index in [0.29, 0.717) is 0 Å². The Hall–Kier alpha value is -0.880. The average molecular weight is 104 g/mol. The molecule has 0 aliphatic rings. The molecule has 0 bridgehead atoms. The molecule has 0 aromatic heterocycles. The number of rotatable bonds is 0. The molecule has 0 unspecified atom stereocenters. The minimum Gasteiger partial charge on any atom is -0.307 e. The SMILES string of the molecule is C.C.C=C=O.C=O. The smallest absolute Gasteiger partial charge is 0.116 e. The molecule has 0 heterocycles. The third kappa shape index (κ3) is 64.4. The van der Waals surface area contributed by atoms with Crippen LogP contribution in [0, 0.1) is 0 Å². The van der Waals surface area contributed by atoms with E-state index >= 15 is 0 Å². The second-order valence-corrected chi connectivity index (χ2v) is 0.144. The summed E-state index contributed by atoms with van der Waals surface area (Å²) in [6, 6.07) is 0. The van der Waals surface area contributed by atoms with Crippen LogP contribution in [0.15, 0.2) is 6.58 Å². The van der Waals surface area contributed by atoms with Gasteiger partial charge in [0, 0.05) is 0 Å². The van der Waals surface area contributed by atoms with Gasteiger partial charge in [-0.3, -0.25) is 0 Å². The molecule has 7 heavy (non-hydrogen) atoms. The Kier molecular flexibility index (Phi) is 30800. The molecule has 44 valence electrons. The topological polar surface area (TPSA) is 34.1 Å². The van der Waals surface area contributed by atoms with Crippen LogP contribution < -0.4 is 0 Å². The lowest BCUT2D eigenvalue weighted by Crippen LogP contribution is -1.15. The fraction of sp³-hybridized carbons (Fsp3) is 0.400. The third-order valence-electron chi connectivity index (χ3n) is 0. The van der Waals surface area contributed by atoms with Crippen molar-refractivity contribution in [2.75, 3.05) is 0 Å². The summed E-state index contributed by atoms with van der Waals surface area (Å²) in [5, 5.41) is 0. The molecular formula is C5H12O2. The zero-order chi connectivity index (χ0) is 4.71. The molecular weight excluding hydrogens is 92.1 g/mol. The molecule has 2 nitrogen and oxygen atoms in total. The van der Waals surface area contributed by atoms with E-state index in [1.807, 2.05) is 6.79 Å². The van der Waals surface area contributed by atoms with E-state index < -0.39 is 0 Å². The van der Waals surface area contributed by atoms with E-state index in [1.165, 1.54) is 5.94 Å². The van der Waals surface area contributed by atoms with Crippen molar-refractivity contribution in [2.45, 2.75) is 14.9 Å². The summed E-state index contributed by atoms with van der Waals surface area (Å²) in [7, 11) is 0. The lowest BCUT2D eigenvalue weighted by atomic mass is 11.2. The Bertz CT molecular complexity index is 35.3. The Morgan fingerprint density at radius 1 is 1.14 bits per heavy atom. The molecule has 0 atom stereocenters. The second kappa shape index (κ2) is 6040. The van der Waals surface area contributed by atoms with Crippen LogP contribution in [-0.4, -0.2) is 12.7 Å². The van der Waals surface area contributed by atoms with E-state index in [4.69, 9.17) is 9.59 Å². The summed E-state index contributed by atoms with van der Waals surface area (Å²) in [4.78, 5) is 16.6. The van der Waals surface area contributed by atoms with Gasteiger partial charge in [-0.15, -0.1) is 0 Å². The van der Waals surface area contributed by atoms with Crippen molar-refractivity contribution in [1.29, 1.82) is 0 Å². The Morgan fingerprint density at radius 3 is 1.14 bits per heavy atom. The standard InChI is InChI=1S/C2H2O.CH2O.2CH4/c1-2-3;1-2;;/h1H2;1H2;2*1H4. The Balaban J connectivity index is -0.0000000105. The summed E-state index contributed by atoms with van der Waals surface area (Å²) in [6.45, 7) is 4.68. The predicted molar refractivity (Wildman–Crippen MR) is 31.9 cm³/mol. The van der Waals surface area contributed by atoms with Crippen molar-refractivity contribution >= 4 is 12.7 Å². The van der Waals surface area contributed by atoms with Crippen LogP contribution >= 0.6 is 0 Å². The van der Waals surface area contributed by atoms with Gasteiger partial charge in [-0.25, -0.2) is 4.79 Å². The highest BCUT2D eigenvalue weighted by atomic mass is 16.1. The molecule has 0 fully saturated rings. The Morgan fingerprint density at radius 2 is 1.14 bits per heavy atom. The van der Waals surface area contributed by atoms with E-state index in [1.54, 1.807) is 0 Å². The van der Waals surface area contributed by atoms with Gasteiger partial charge < -0.3 is 4.79 Å². The van der Waals surface area contributed by atoms with E-state index in [0.717, 1.165) is 0 Å². The van der Waals surface area contributed by atoms with Crippen LogP contribution in [0.25, 0.3) is 0 Å². The lowest BCUT2D eigenvalue weighted by molar-refractivity contribution is -0.0979.